The van der Waals surface area contributed by atoms with E-state index in [1.165, 1.54) is 11.3 Å². The predicted octanol–water partition coefficient (Wildman–Crippen LogP) is 4.45. The summed E-state index contributed by atoms with van der Waals surface area (Å²) in [6.45, 7) is 3.72. The lowest BCUT2D eigenvalue weighted by Crippen LogP contribution is -2.14. The van der Waals surface area contributed by atoms with E-state index in [9.17, 15) is 9.59 Å². The van der Waals surface area contributed by atoms with Crippen LogP contribution in [0.25, 0.3) is 10.2 Å². The minimum absolute atomic E-state index is 0.229. The van der Waals surface area contributed by atoms with Crippen molar-refractivity contribution in [2.75, 3.05) is 12.4 Å². The average molecular weight is 420 g/mol. The fourth-order valence-electron chi connectivity index (χ4n) is 3.32. The van der Waals surface area contributed by atoms with Gasteiger partial charge in [-0.1, -0.05) is 30.3 Å². The maximum Gasteiger partial charge on any atom is 0.266 e. The summed E-state index contributed by atoms with van der Waals surface area (Å²) in [6, 6.07) is 15.2. The van der Waals surface area contributed by atoms with Crippen molar-refractivity contribution in [2.24, 2.45) is 0 Å². The van der Waals surface area contributed by atoms with Crippen molar-refractivity contribution in [2.45, 2.75) is 20.3 Å². The number of nitrogens with zero attached hydrogens (tertiary/aromatic N) is 1. The Morgan fingerprint density at radius 1 is 1.13 bits per heavy atom. The third-order valence-corrected chi connectivity index (χ3v) is 6.16. The molecule has 0 radical (unpaired) electrons. The second kappa shape index (κ2) is 8.12. The Morgan fingerprint density at radius 3 is 2.57 bits per heavy atom. The zero-order valence-electron chi connectivity index (χ0n) is 16.9. The van der Waals surface area contributed by atoms with E-state index in [-0.39, 0.29) is 11.5 Å². The first kappa shape index (κ1) is 19.8. The van der Waals surface area contributed by atoms with Gasteiger partial charge in [-0.15, -0.1) is 11.3 Å². The molecule has 4 aromatic rings. The third-order valence-electron chi connectivity index (χ3n) is 4.98. The van der Waals surface area contributed by atoms with Gasteiger partial charge in [0, 0.05) is 12.1 Å². The molecule has 6 nitrogen and oxygen atoms in total. The highest BCUT2D eigenvalue weighted by molar-refractivity contribution is 7.20. The Kier molecular flexibility index (Phi) is 5.37. The van der Waals surface area contributed by atoms with Crippen LogP contribution in [0, 0.1) is 13.8 Å². The molecule has 0 aliphatic carbocycles. The first-order valence-corrected chi connectivity index (χ1v) is 10.3. The van der Waals surface area contributed by atoms with E-state index < -0.39 is 0 Å². The lowest BCUT2D eigenvalue weighted by molar-refractivity contribution is 0.103. The van der Waals surface area contributed by atoms with Crippen LogP contribution in [0.15, 0.2) is 53.3 Å². The Balaban J connectivity index is 1.66. The standard InChI is InChI=1S/C23H21N3O3S/c1-13-6-4-5-7-17(13)24-22(28)20-14(2)19-21(27)25-18(26-23(19)30-20)12-15-8-10-16(29-3)11-9-15/h4-11H,12H2,1-3H3,(H,24,28)(H,25,26,27). The van der Waals surface area contributed by atoms with Gasteiger partial charge in [-0.3, -0.25) is 9.59 Å². The summed E-state index contributed by atoms with van der Waals surface area (Å²) < 4.78 is 5.17. The number of ether oxygens (including phenoxy) is 1. The molecule has 30 heavy (non-hydrogen) atoms. The molecule has 0 aliphatic heterocycles. The van der Waals surface area contributed by atoms with Crippen LogP contribution in [0.3, 0.4) is 0 Å². The third kappa shape index (κ3) is 3.84. The smallest absolute Gasteiger partial charge is 0.266 e. The Labute approximate surface area is 177 Å². The van der Waals surface area contributed by atoms with Crippen molar-refractivity contribution in [1.82, 2.24) is 9.97 Å². The maximum absolute atomic E-state index is 12.9. The molecule has 0 fully saturated rings. The number of anilines is 1. The van der Waals surface area contributed by atoms with Crippen LogP contribution in [0.4, 0.5) is 5.69 Å². The quantitative estimate of drug-likeness (QED) is 0.500. The summed E-state index contributed by atoms with van der Waals surface area (Å²) in [6.07, 6.45) is 0.483. The first-order valence-electron chi connectivity index (χ1n) is 9.48. The van der Waals surface area contributed by atoms with E-state index in [4.69, 9.17) is 4.74 Å². The van der Waals surface area contributed by atoms with Crippen molar-refractivity contribution in [3.05, 3.63) is 86.3 Å². The summed E-state index contributed by atoms with van der Waals surface area (Å²) >= 11 is 1.24. The molecule has 2 N–H and O–H groups in total. The zero-order valence-corrected chi connectivity index (χ0v) is 17.7. The van der Waals surface area contributed by atoms with Crippen LogP contribution < -0.4 is 15.6 Å². The number of H-pyrrole nitrogens is 1. The van der Waals surface area contributed by atoms with E-state index in [1.807, 2.05) is 55.5 Å². The number of amides is 1. The molecule has 7 heteroatoms. The summed E-state index contributed by atoms with van der Waals surface area (Å²) in [4.78, 5) is 34.1. The molecule has 4 rings (SSSR count). The van der Waals surface area contributed by atoms with Gasteiger partial charge in [0.2, 0.25) is 0 Å². The fraction of sp³-hybridized carbons (Fsp3) is 0.174. The van der Waals surface area contributed by atoms with Crippen LogP contribution in [0.1, 0.15) is 32.2 Å². The van der Waals surface area contributed by atoms with Crippen molar-refractivity contribution in [3.63, 3.8) is 0 Å². The minimum atomic E-state index is -0.235. The Hall–Kier alpha value is -3.45. The minimum Gasteiger partial charge on any atom is -0.497 e. The molecule has 0 unspecified atom stereocenters. The summed E-state index contributed by atoms with van der Waals surface area (Å²) in [5, 5.41) is 3.40. The van der Waals surface area contributed by atoms with Gasteiger partial charge in [-0.2, -0.15) is 0 Å². The lowest BCUT2D eigenvalue weighted by atomic mass is 10.1. The molecular weight excluding hydrogens is 398 g/mol. The Morgan fingerprint density at radius 2 is 1.87 bits per heavy atom. The van der Waals surface area contributed by atoms with E-state index in [2.05, 4.69) is 15.3 Å². The number of carbonyl (C=O) groups excluding carboxylic acids is 1. The van der Waals surface area contributed by atoms with Crippen LogP contribution in [0.2, 0.25) is 0 Å². The van der Waals surface area contributed by atoms with Gasteiger partial charge < -0.3 is 15.0 Å². The number of methoxy groups -OCH3 is 1. The highest BCUT2D eigenvalue weighted by Gasteiger charge is 2.20. The highest BCUT2D eigenvalue weighted by Crippen LogP contribution is 2.28. The molecule has 1 amide bonds. The van der Waals surface area contributed by atoms with E-state index in [0.717, 1.165) is 22.6 Å². The first-order chi connectivity index (χ1) is 14.5. The number of benzene rings is 2. The van der Waals surface area contributed by atoms with Crippen molar-refractivity contribution >= 4 is 33.1 Å². The SMILES string of the molecule is COc1ccc(Cc2nc3sc(C(=O)Nc4ccccc4C)c(C)c3c(=O)[nH]2)cc1. The van der Waals surface area contributed by atoms with Crippen LogP contribution in [-0.4, -0.2) is 23.0 Å². The molecule has 0 spiro atoms. The summed E-state index contributed by atoms with van der Waals surface area (Å²) in [7, 11) is 1.62. The largest absolute Gasteiger partial charge is 0.497 e. The molecular formula is C23H21N3O3S. The van der Waals surface area contributed by atoms with Crippen LogP contribution in [-0.2, 0) is 6.42 Å². The monoisotopic (exact) mass is 419 g/mol. The Bertz CT molecular complexity index is 1290. The number of thiophene rings is 1. The number of aromatic nitrogens is 2. The highest BCUT2D eigenvalue weighted by atomic mass is 32.1. The maximum atomic E-state index is 12.9. The number of aryl methyl sites for hydroxylation is 2. The van der Waals surface area contributed by atoms with Gasteiger partial charge in [0.25, 0.3) is 11.5 Å². The molecule has 2 aromatic heterocycles. The molecule has 0 saturated carbocycles. The molecule has 2 aromatic carbocycles. The number of hydrogen-bond donors (Lipinski definition) is 2. The zero-order chi connectivity index (χ0) is 21.3. The molecule has 0 atom stereocenters. The predicted molar refractivity (Wildman–Crippen MR) is 120 cm³/mol. The topological polar surface area (TPSA) is 84.1 Å². The lowest BCUT2D eigenvalue weighted by Gasteiger charge is -2.07. The van der Waals surface area contributed by atoms with Gasteiger partial charge >= 0.3 is 0 Å². The normalized spacial score (nSPS) is 10.9. The van der Waals surface area contributed by atoms with Gasteiger partial charge in [0.15, 0.2) is 0 Å². The number of nitrogens with one attached hydrogen (secondary N) is 2. The van der Waals surface area contributed by atoms with Gasteiger partial charge in [-0.25, -0.2) is 4.98 Å². The molecule has 0 bridgehead atoms. The number of fused-ring (bicyclic) bond motifs is 1. The van der Waals surface area contributed by atoms with Crippen molar-refractivity contribution in [3.8, 4) is 5.75 Å². The number of hydrogen-bond acceptors (Lipinski definition) is 5. The van der Waals surface area contributed by atoms with Gasteiger partial charge in [0.05, 0.1) is 17.4 Å². The van der Waals surface area contributed by atoms with Crippen molar-refractivity contribution < 1.29 is 9.53 Å². The van der Waals surface area contributed by atoms with E-state index in [0.29, 0.717) is 32.9 Å². The number of aromatic amines is 1. The second-order valence-electron chi connectivity index (χ2n) is 7.04. The van der Waals surface area contributed by atoms with E-state index >= 15 is 0 Å². The average Bonchev–Trinajstić information content (AvgIpc) is 3.07. The molecule has 0 saturated heterocycles. The van der Waals surface area contributed by atoms with Crippen molar-refractivity contribution in [1.29, 1.82) is 0 Å². The molecule has 152 valence electrons. The summed E-state index contributed by atoms with van der Waals surface area (Å²) in [5.41, 5.74) is 3.14. The second-order valence-corrected chi connectivity index (χ2v) is 8.04. The number of para-hydroxylation sites is 1. The van der Waals surface area contributed by atoms with Crippen LogP contribution >= 0.6 is 11.3 Å². The fourth-order valence-corrected chi connectivity index (χ4v) is 4.41. The number of rotatable bonds is 5. The molecule has 0 aliphatic rings. The van der Waals surface area contributed by atoms with Crippen LogP contribution in [0.5, 0.6) is 5.75 Å². The van der Waals surface area contributed by atoms with Gasteiger partial charge in [-0.05, 0) is 48.7 Å². The van der Waals surface area contributed by atoms with Gasteiger partial charge in [0.1, 0.15) is 16.4 Å². The van der Waals surface area contributed by atoms with E-state index in [1.54, 1.807) is 14.0 Å². The number of carbonyl (C=O) groups is 1. The summed E-state index contributed by atoms with van der Waals surface area (Å²) in [5.74, 6) is 1.10. The molecule has 2 heterocycles.